The molecule has 0 saturated heterocycles. The number of rotatable bonds is 4. The molecule has 0 spiro atoms. The Labute approximate surface area is 117 Å². The first-order valence-electron chi connectivity index (χ1n) is 6.19. The summed E-state index contributed by atoms with van der Waals surface area (Å²) in [5, 5.41) is 0.422. The number of esters is 1. The van der Waals surface area contributed by atoms with Crippen LogP contribution < -0.4 is 4.74 Å². The van der Waals surface area contributed by atoms with Crippen LogP contribution in [0.15, 0.2) is 59.5 Å². The van der Waals surface area contributed by atoms with Crippen LogP contribution in [-0.4, -0.2) is 11.2 Å². The molecule has 0 aliphatic heterocycles. The predicted octanol–water partition coefficient (Wildman–Crippen LogP) is 4.41. The fourth-order valence-corrected chi connectivity index (χ4v) is 2.59. The molecule has 0 aliphatic rings. The van der Waals surface area contributed by atoms with Crippen molar-refractivity contribution >= 4 is 17.7 Å². The summed E-state index contributed by atoms with van der Waals surface area (Å²) >= 11 is 1.66. The van der Waals surface area contributed by atoms with Gasteiger partial charge in [-0.1, -0.05) is 44.2 Å². The minimum atomic E-state index is -0.310. The first-order chi connectivity index (χ1) is 9.16. The fourth-order valence-electron chi connectivity index (χ4n) is 1.64. The van der Waals surface area contributed by atoms with Gasteiger partial charge in [0, 0.05) is 10.1 Å². The largest absolute Gasteiger partial charge is 0.423 e. The third-order valence-electron chi connectivity index (χ3n) is 2.42. The third-order valence-corrected chi connectivity index (χ3v) is 3.50. The van der Waals surface area contributed by atoms with Gasteiger partial charge in [-0.2, -0.15) is 0 Å². The number of thioether (sulfide) groups is 1. The summed E-state index contributed by atoms with van der Waals surface area (Å²) in [6, 6.07) is 16.7. The van der Waals surface area contributed by atoms with Crippen LogP contribution in [0.2, 0.25) is 0 Å². The van der Waals surface area contributed by atoms with Crippen LogP contribution in [0.25, 0.3) is 0 Å². The second-order valence-corrected chi connectivity index (χ2v) is 5.98. The summed E-state index contributed by atoms with van der Waals surface area (Å²) in [4.78, 5) is 13.1. The van der Waals surface area contributed by atoms with Gasteiger partial charge in [0.1, 0.15) is 5.75 Å². The second kappa shape index (κ2) is 6.43. The molecule has 19 heavy (non-hydrogen) atoms. The van der Waals surface area contributed by atoms with Gasteiger partial charge in [0.2, 0.25) is 0 Å². The van der Waals surface area contributed by atoms with Crippen molar-refractivity contribution in [3.05, 3.63) is 60.2 Å². The Hall–Kier alpha value is -1.74. The van der Waals surface area contributed by atoms with E-state index in [4.69, 9.17) is 4.74 Å². The molecule has 0 heterocycles. The fraction of sp³-hybridized carbons (Fsp3) is 0.188. The predicted molar refractivity (Wildman–Crippen MR) is 78.8 cm³/mol. The Bertz CT molecular complexity index is 550. The first-order valence-corrected chi connectivity index (χ1v) is 7.07. The summed E-state index contributed by atoms with van der Waals surface area (Å²) in [5.41, 5.74) is 0.616. The van der Waals surface area contributed by atoms with Crippen molar-refractivity contribution in [3.8, 4) is 5.75 Å². The highest BCUT2D eigenvalue weighted by molar-refractivity contribution is 8.00. The highest BCUT2D eigenvalue weighted by Gasteiger charge is 2.14. The van der Waals surface area contributed by atoms with Gasteiger partial charge in [-0.3, -0.25) is 0 Å². The molecule has 0 atom stereocenters. The molecule has 0 radical (unpaired) electrons. The first kappa shape index (κ1) is 13.7. The van der Waals surface area contributed by atoms with Crippen LogP contribution in [0.3, 0.4) is 0 Å². The molecule has 0 saturated carbocycles. The summed E-state index contributed by atoms with van der Waals surface area (Å²) in [6.45, 7) is 4.20. The zero-order chi connectivity index (χ0) is 13.7. The highest BCUT2D eigenvalue weighted by Crippen LogP contribution is 2.27. The Balaban J connectivity index is 2.19. The van der Waals surface area contributed by atoms with Crippen molar-refractivity contribution in [3.63, 3.8) is 0 Å². The van der Waals surface area contributed by atoms with Crippen molar-refractivity contribution in [2.45, 2.75) is 24.0 Å². The van der Waals surface area contributed by atoms with E-state index in [2.05, 4.69) is 13.8 Å². The van der Waals surface area contributed by atoms with Gasteiger partial charge < -0.3 is 4.74 Å². The lowest BCUT2D eigenvalue weighted by Crippen LogP contribution is -2.10. The van der Waals surface area contributed by atoms with Gasteiger partial charge in [-0.15, -0.1) is 11.8 Å². The molecule has 0 aromatic heterocycles. The molecule has 0 fully saturated rings. The van der Waals surface area contributed by atoms with Crippen molar-refractivity contribution < 1.29 is 9.53 Å². The molecule has 2 aromatic rings. The van der Waals surface area contributed by atoms with E-state index < -0.39 is 0 Å². The van der Waals surface area contributed by atoms with E-state index >= 15 is 0 Å². The van der Waals surface area contributed by atoms with Crippen LogP contribution in [0.5, 0.6) is 5.75 Å². The lowest BCUT2D eigenvalue weighted by Gasteiger charge is -2.10. The number of carbonyl (C=O) groups excluding carboxylic acids is 1. The molecule has 2 rings (SSSR count). The number of ether oxygens (including phenoxy) is 1. The van der Waals surface area contributed by atoms with Crippen LogP contribution in [-0.2, 0) is 0 Å². The van der Waals surface area contributed by atoms with Gasteiger partial charge in [0.05, 0.1) is 5.56 Å². The van der Waals surface area contributed by atoms with E-state index in [1.807, 2.05) is 36.4 Å². The quantitative estimate of drug-likeness (QED) is 0.468. The molecule has 0 aliphatic carbocycles. The van der Waals surface area contributed by atoms with Crippen molar-refractivity contribution in [2.24, 2.45) is 0 Å². The molecule has 2 nitrogen and oxygen atoms in total. The molecule has 0 unspecified atom stereocenters. The molecule has 0 N–H and O–H groups in total. The average molecular weight is 272 g/mol. The standard InChI is InChI=1S/C16H16O2S/c1-12(2)19-15-11-7-6-10-14(15)16(17)18-13-8-4-3-5-9-13/h3-12H,1-2H3. The molecule has 0 bridgehead atoms. The highest BCUT2D eigenvalue weighted by atomic mass is 32.2. The van der Waals surface area contributed by atoms with E-state index in [0.717, 1.165) is 4.90 Å². The SMILES string of the molecule is CC(C)Sc1ccccc1C(=O)Oc1ccccc1. The maximum absolute atomic E-state index is 12.2. The van der Waals surface area contributed by atoms with E-state index in [1.54, 1.807) is 30.0 Å². The van der Waals surface area contributed by atoms with Gasteiger partial charge in [-0.25, -0.2) is 4.79 Å². The summed E-state index contributed by atoms with van der Waals surface area (Å²) in [5.74, 6) is 0.256. The molecule has 3 heteroatoms. The number of para-hydroxylation sites is 1. The minimum Gasteiger partial charge on any atom is -0.423 e. The molecule has 2 aromatic carbocycles. The van der Waals surface area contributed by atoms with Crippen LogP contribution in [0.4, 0.5) is 0 Å². The Morgan fingerprint density at radius 1 is 1.00 bits per heavy atom. The maximum Gasteiger partial charge on any atom is 0.344 e. The van der Waals surface area contributed by atoms with Gasteiger partial charge in [-0.05, 0) is 24.3 Å². The van der Waals surface area contributed by atoms with Gasteiger partial charge in [0.15, 0.2) is 0 Å². The summed E-state index contributed by atoms with van der Waals surface area (Å²) in [7, 11) is 0. The zero-order valence-corrected chi connectivity index (χ0v) is 11.8. The van der Waals surface area contributed by atoms with Crippen LogP contribution >= 0.6 is 11.8 Å². The number of carbonyl (C=O) groups is 1. The second-order valence-electron chi connectivity index (χ2n) is 4.37. The van der Waals surface area contributed by atoms with Gasteiger partial charge >= 0.3 is 5.97 Å². The third kappa shape index (κ3) is 3.86. The van der Waals surface area contributed by atoms with E-state index in [9.17, 15) is 4.79 Å². The monoisotopic (exact) mass is 272 g/mol. The number of hydrogen-bond acceptors (Lipinski definition) is 3. The molecular weight excluding hydrogens is 256 g/mol. The molecular formula is C16H16O2S. The Kier molecular flexibility index (Phi) is 4.63. The van der Waals surface area contributed by atoms with Crippen molar-refractivity contribution in [2.75, 3.05) is 0 Å². The maximum atomic E-state index is 12.2. The topological polar surface area (TPSA) is 26.3 Å². The zero-order valence-electron chi connectivity index (χ0n) is 11.0. The van der Waals surface area contributed by atoms with Gasteiger partial charge in [0.25, 0.3) is 0 Å². The molecule has 0 amide bonds. The van der Waals surface area contributed by atoms with Crippen LogP contribution in [0, 0.1) is 0 Å². The number of benzene rings is 2. The average Bonchev–Trinajstić information content (AvgIpc) is 2.39. The van der Waals surface area contributed by atoms with Crippen molar-refractivity contribution in [1.29, 1.82) is 0 Å². The lowest BCUT2D eigenvalue weighted by molar-refractivity contribution is 0.0731. The van der Waals surface area contributed by atoms with E-state index in [0.29, 0.717) is 16.6 Å². The number of hydrogen-bond donors (Lipinski definition) is 0. The van der Waals surface area contributed by atoms with E-state index in [-0.39, 0.29) is 5.97 Å². The summed E-state index contributed by atoms with van der Waals surface area (Å²) in [6.07, 6.45) is 0. The summed E-state index contributed by atoms with van der Waals surface area (Å²) < 4.78 is 5.37. The molecule has 98 valence electrons. The van der Waals surface area contributed by atoms with E-state index in [1.165, 1.54) is 0 Å². The lowest BCUT2D eigenvalue weighted by atomic mass is 10.2. The minimum absolute atomic E-state index is 0.310. The van der Waals surface area contributed by atoms with Crippen LogP contribution in [0.1, 0.15) is 24.2 Å². The Morgan fingerprint density at radius 3 is 2.32 bits per heavy atom. The smallest absolute Gasteiger partial charge is 0.344 e. The van der Waals surface area contributed by atoms with Crippen molar-refractivity contribution in [1.82, 2.24) is 0 Å². The Morgan fingerprint density at radius 2 is 1.63 bits per heavy atom. The normalized spacial score (nSPS) is 10.5.